The first-order valence-corrected chi connectivity index (χ1v) is 7.58. The highest BCUT2D eigenvalue weighted by molar-refractivity contribution is 6.18. The molecular formula is C15H21Cl2NO. The largest absolute Gasteiger partial charge is 0.366 e. The van der Waals surface area contributed by atoms with E-state index in [1.54, 1.807) is 0 Å². The average molecular weight is 302 g/mol. The van der Waals surface area contributed by atoms with Gasteiger partial charge in [-0.3, -0.25) is 4.79 Å². The number of nitrogens with two attached hydrogens (primary N) is 1. The number of primary amides is 1. The SMILES string of the molecule is CC(CCl)Cc1ccc(C(N)=O)c(CC(C)CCl)c1. The third-order valence-corrected chi connectivity index (χ3v) is 4.17. The molecule has 0 aliphatic rings. The van der Waals surface area contributed by atoms with E-state index in [9.17, 15) is 4.79 Å². The van der Waals surface area contributed by atoms with Crippen LogP contribution in [0.4, 0.5) is 0 Å². The smallest absolute Gasteiger partial charge is 0.248 e. The predicted octanol–water partition coefficient (Wildman–Crippen LogP) is 3.62. The molecule has 106 valence electrons. The van der Waals surface area contributed by atoms with Crippen molar-refractivity contribution in [1.29, 1.82) is 0 Å². The third kappa shape index (κ3) is 5.04. The number of amides is 1. The van der Waals surface area contributed by atoms with E-state index in [1.807, 2.05) is 12.1 Å². The summed E-state index contributed by atoms with van der Waals surface area (Å²) in [6.45, 7) is 4.17. The van der Waals surface area contributed by atoms with Crippen molar-refractivity contribution in [3.05, 3.63) is 34.9 Å². The zero-order valence-electron chi connectivity index (χ0n) is 11.5. The minimum Gasteiger partial charge on any atom is -0.366 e. The summed E-state index contributed by atoms with van der Waals surface area (Å²) in [6, 6.07) is 5.83. The quantitative estimate of drug-likeness (QED) is 0.768. The molecule has 0 spiro atoms. The molecule has 0 radical (unpaired) electrons. The first-order chi connectivity index (χ1) is 8.97. The lowest BCUT2D eigenvalue weighted by molar-refractivity contribution is 0.0999. The Balaban J connectivity index is 3.00. The molecule has 0 saturated carbocycles. The van der Waals surface area contributed by atoms with E-state index in [0.29, 0.717) is 29.2 Å². The molecule has 1 rings (SSSR count). The van der Waals surface area contributed by atoms with Gasteiger partial charge in [0, 0.05) is 17.3 Å². The molecule has 1 aromatic carbocycles. The Kier molecular flexibility index (Phi) is 6.67. The van der Waals surface area contributed by atoms with E-state index >= 15 is 0 Å². The van der Waals surface area contributed by atoms with Crippen LogP contribution >= 0.6 is 23.2 Å². The normalized spacial score (nSPS) is 14.1. The fourth-order valence-corrected chi connectivity index (χ4v) is 2.29. The molecule has 0 aromatic heterocycles. The molecular weight excluding hydrogens is 281 g/mol. The maximum absolute atomic E-state index is 11.4. The number of benzene rings is 1. The van der Waals surface area contributed by atoms with Crippen molar-refractivity contribution >= 4 is 29.1 Å². The summed E-state index contributed by atoms with van der Waals surface area (Å²) in [5.74, 6) is 1.56. The Bertz CT molecular complexity index is 434. The Morgan fingerprint density at radius 3 is 2.26 bits per heavy atom. The van der Waals surface area contributed by atoms with Crippen LogP contribution < -0.4 is 5.73 Å². The first kappa shape index (κ1) is 16.3. The highest BCUT2D eigenvalue weighted by atomic mass is 35.5. The fraction of sp³-hybridized carbons (Fsp3) is 0.533. The molecule has 0 aliphatic heterocycles. The van der Waals surface area contributed by atoms with Crippen LogP contribution in [0, 0.1) is 11.8 Å². The second kappa shape index (κ2) is 7.76. The highest BCUT2D eigenvalue weighted by Gasteiger charge is 2.13. The van der Waals surface area contributed by atoms with Gasteiger partial charge in [0.15, 0.2) is 0 Å². The van der Waals surface area contributed by atoms with Crippen LogP contribution in [0.1, 0.15) is 35.3 Å². The summed E-state index contributed by atoms with van der Waals surface area (Å²) >= 11 is 11.7. The van der Waals surface area contributed by atoms with E-state index in [2.05, 4.69) is 19.9 Å². The molecule has 1 aromatic rings. The second-order valence-electron chi connectivity index (χ2n) is 5.28. The number of hydrogen-bond acceptors (Lipinski definition) is 1. The molecule has 0 bridgehead atoms. The Hall–Kier alpha value is -0.730. The minimum atomic E-state index is -0.381. The molecule has 0 aliphatic carbocycles. The van der Waals surface area contributed by atoms with Gasteiger partial charge in [0.2, 0.25) is 5.91 Å². The van der Waals surface area contributed by atoms with Crippen LogP contribution in [0.2, 0.25) is 0 Å². The van der Waals surface area contributed by atoms with Gasteiger partial charge in [0.05, 0.1) is 0 Å². The molecule has 0 saturated heterocycles. The van der Waals surface area contributed by atoms with Crippen molar-refractivity contribution in [2.75, 3.05) is 11.8 Å². The van der Waals surface area contributed by atoms with Gasteiger partial charge in [-0.15, -0.1) is 23.2 Å². The number of carbonyl (C=O) groups excluding carboxylic acids is 1. The zero-order chi connectivity index (χ0) is 14.4. The Labute approximate surface area is 125 Å². The van der Waals surface area contributed by atoms with E-state index in [-0.39, 0.29) is 5.91 Å². The number of carbonyl (C=O) groups is 1. The lowest BCUT2D eigenvalue weighted by Crippen LogP contribution is -2.16. The van der Waals surface area contributed by atoms with E-state index in [1.165, 1.54) is 5.56 Å². The Morgan fingerprint density at radius 2 is 1.74 bits per heavy atom. The summed E-state index contributed by atoms with van der Waals surface area (Å²) in [4.78, 5) is 11.4. The van der Waals surface area contributed by atoms with E-state index < -0.39 is 0 Å². The van der Waals surface area contributed by atoms with Crippen molar-refractivity contribution in [1.82, 2.24) is 0 Å². The van der Waals surface area contributed by atoms with Crippen molar-refractivity contribution in [3.63, 3.8) is 0 Å². The molecule has 0 fully saturated rings. The molecule has 2 unspecified atom stereocenters. The van der Waals surface area contributed by atoms with Gasteiger partial charge in [-0.2, -0.15) is 0 Å². The fourth-order valence-electron chi connectivity index (χ4n) is 2.07. The minimum absolute atomic E-state index is 0.320. The summed E-state index contributed by atoms with van der Waals surface area (Å²) in [5, 5.41) is 0. The summed E-state index contributed by atoms with van der Waals surface area (Å²) in [6.07, 6.45) is 1.68. The van der Waals surface area contributed by atoms with Crippen molar-refractivity contribution in [2.45, 2.75) is 26.7 Å². The predicted molar refractivity (Wildman–Crippen MR) is 82.1 cm³/mol. The molecule has 19 heavy (non-hydrogen) atoms. The van der Waals surface area contributed by atoms with Gasteiger partial charge in [-0.25, -0.2) is 0 Å². The van der Waals surface area contributed by atoms with E-state index in [4.69, 9.17) is 28.9 Å². The summed E-state index contributed by atoms with van der Waals surface area (Å²) in [7, 11) is 0. The molecule has 0 heterocycles. The van der Waals surface area contributed by atoms with Crippen molar-refractivity contribution < 1.29 is 4.79 Å². The number of halogens is 2. The number of hydrogen-bond donors (Lipinski definition) is 1. The Morgan fingerprint density at radius 1 is 1.16 bits per heavy atom. The maximum atomic E-state index is 11.4. The molecule has 2 atom stereocenters. The zero-order valence-corrected chi connectivity index (χ0v) is 13.0. The van der Waals surface area contributed by atoms with Crippen LogP contribution in [0.15, 0.2) is 18.2 Å². The van der Waals surface area contributed by atoms with Crippen molar-refractivity contribution in [2.24, 2.45) is 17.6 Å². The molecule has 2 nitrogen and oxygen atoms in total. The molecule has 1 amide bonds. The van der Waals surface area contributed by atoms with Gasteiger partial charge in [0.1, 0.15) is 0 Å². The first-order valence-electron chi connectivity index (χ1n) is 6.51. The topological polar surface area (TPSA) is 43.1 Å². The molecule has 4 heteroatoms. The number of rotatable bonds is 7. The van der Waals surface area contributed by atoms with Gasteiger partial charge in [-0.1, -0.05) is 26.0 Å². The monoisotopic (exact) mass is 301 g/mol. The van der Waals surface area contributed by atoms with Crippen LogP contribution in [-0.4, -0.2) is 17.7 Å². The maximum Gasteiger partial charge on any atom is 0.248 e. The van der Waals surface area contributed by atoms with Gasteiger partial charge in [0.25, 0.3) is 0 Å². The second-order valence-corrected chi connectivity index (χ2v) is 5.90. The number of alkyl halides is 2. The van der Waals surface area contributed by atoms with Crippen molar-refractivity contribution in [3.8, 4) is 0 Å². The standard InChI is InChI=1S/C15H21Cl2NO/c1-10(8-16)5-12-3-4-14(15(18)19)13(7-12)6-11(2)9-17/h3-4,7,10-11H,5-6,8-9H2,1-2H3,(H2,18,19). The third-order valence-electron chi connectivity index (χ3n) is 3.11. The summed E-state index contributed by atoms with van der Waals surface area (Å²) in [5.41, 5.74) is 8.19. The summed E-state index contributed by atoms with van der Waals surface area (Å²) < 4.78 is 0. The van der Waals surface area contributed by atoms with Crippen LogP contribution in [-0.2, 0) is 12.8 Å². The van der Waals surface area contributed by atoms with Gasteiger partial charge >= 0.3 is 0 Å². The van der Waals surface area contributed by atoms with Crippen LogP contribution in [0.25, 0.3) is 0 Å². The van der Waals surface area contributed by atoms with Crippen LogP contribution in [0.5, 0.6) is 0 Å². The van der Waals surface area contributed by atoms with Gasteiger partial charge in [-0.05, 0) is 41.9 Å². The van der Waals surface area contributed by atoms with E-state index in [0.717, 1.165) is 18.4 Å². The lowest BCUT2D eigenvalue weighted by atomic mass is 9.93. The van der Waals surface area contributed by atoms with Crippen LogP contribution in [0.3, 0.4) is 0 Å². The lowest BCUT2D eigenvalue weighted by Gasteiger charge is -2.14. The van der Waals surface area contributed by atoms with Gasteiger partial charge < -0.3 is 5.73 Å². The average Bonchev–Trinajstić information content (AvgIpc) is 2.38. The highest BCUT2D eigenvalue weighted by Crippen LogP contribution is 2.19. The molecule has 2 N–H and O–H groups in total.